The molecule has 8 heteroatoms. The van der Waals surface area contributed by atoms with E-state index in [9.17, 15) is 18.0 Å². The van der Waals surface area contributed by atoms with Crippen LogP contribution >= 0.6 is 0 Å². The summed E-state index contributed by atoms with van der Waals surface area (Å²) in [4.78, 5) is 26.5. The SMILES string of the molecule is O=C(OCC(=O)N1CCN(S(=O)(=O)c2ccccc2)CC1)c1ccc2c(c1)CCC2. The minimum Gasteiger partial charge on any atom is -0.452 e. The second kappa shape index (κ2) is 8.57. The van der Waals surface area contributed by atoms with E-state index >= 15 is 0 Å². The molecule has 2 aromatic carbocycles. The van der Waals surface area contributed by atoms with Gasteiger partial charge in [0.1, 0.15) is 0 Å². The molecule has 1 saturated heterocycles. The molecule has 158 valence electrons. The Labute approximate surface area is 176 Å². The summed E-state index contributed by atoms with van der Waals surface area (Å²) in [6.45, 7) is 0.605. The minimum atomic E-state index is -3.57. The molecule has 1 fully saturated rings. The van der Waals surface area contributed by atoms with E-state index in [0.29, 0.717) is 5.56 Å². The Bertz CT molecular complexity index is 1040. The van der Waals surface area contributed by atoms with Crippen molar-refractivity contribution in [3.05, 3.63) is 65.2 Å². The largest absolute Gasteiger partial charge is 0.452 e. The van der Waals surface area contributed by atoms with Crippen LogP contribution in [0.25, 0.3) is 0 Å². The summed E-state index contributed by atoms with van der Waals surface area (Å²) >= 11 is 0. The van der Waals surface area contributed by atoms with Crippen molar-refractivity contribution < 1.29 is 22.7 Å². The van der Waals surface area contributed by atoms with Crippen LogP contribution < -0.4 is 0 Å². The highest BCUT2D eigenvalue weighted by Gasteiger charge is 2.30. The lowest BCUT2D eigenvalue weighted by Gasteiger charge is -2.33. The summed E-state index contributed by atoms with van der Waals surface area (Å²) in [5.74, 6) is -0.829. The van der Waals surface area contributed by atoms with Gasteiger partial charge in [-0.15, -0.1) is 0 Å². The number of benzene rings is 2. The van der Waals surface area contributed by atoms with Gasteiger partial charge in [0.15, 0.2) is 6.61 Å². The number of esters is 1. The minimum absolute atomic E-state index is 0.210. The van der Waals surface area contributed by atoms with Crippen LogP contribution in [0.3, 0.4) is 0 Å². The zero-order valence-electron chi connectivity index (χ0n) is 16.6. The zero-order valence-corrected chi connectivity index (χ0v) is 17.4. The average molecular weight is 429 g/mol. The van der Waals surface area contributed by atoms with E-state index in [1.54, 1.807) is 36.4 Å². The number of fused-ring (bicyclic) bond motifs is 1. The molecule has 1 amide bonds. The molecule has 1 aliphatic heterocycles. The molecule has 0 N–H and O–H groups in total. The number of nitrogens with zero attached hydrogens (tertiary/aromatic N) is 2. The molecule has 0 atom stereocenters. The highest BCUT2D eigenvalue weighted by atomic mass is 32.2. The monoisotopic (exact) mass is 428 g/mol. The van der Waals surface area contributed by atoms with Gasteiger partial charge in [-0.25, -0.2) is 13.2 Å². The molecule has 0 saturated carbocycles. The maximum atomic E-state index is 12.7. The molecule has 0 bridgehead atoms. The zero-order chi connectivity index (χ0) is 21.1. The lowest BCUT2D eigenvalue weighted by atomic mass is 10.1. The first-order valence-electron chi connectivity index (χ1n) is 10.1. The first-order chi connectivity index (χ1) is 14.4. The predicted molar refractivity (Wildman–Crippen MR) is 111 cm³/mol. The molecule has 1 heterocycles. The van der Waals surface area contributed by atoms with Crippen LogP contribution in [0.1, 0.15) is 27.9 Å². The van der Waals surface area contributed by atoms with Gasteiger partial charge < -0.3 is 9.64 Å². The Balaban J connectivity index is 1.29. The average Bonchev–Trinajstić information content (AvgIpc) is 3.26. The lowest BCUT2D eigenvalue weighted by Crippen LogP contribution is -2.51. The van der Waals surface area contributed by atoms with Gasteiger partial charge in [-0.1, -0.05) is 24.3 Å². The van der Waals surface area contributed by atoms with Gasteiger partial charge in [0.2, 0.25) is 10.0 Å². The van der Waals surface area contributed by atoms with Gasteiger partial charge >= 0.3 is 5.97 Å². The van der Waals surface area contributed by atoms with Gasteiger partial charge in [0.25, 0.3) is 5.91 Å². The second-order valence-corrected chi connectivity index (χ2v) is 9.45. The maximum absolute atomic E-state index is 12.7. The van der Waals surface area contributed by atoms with Crippen LogP contribution in [0.5, 0.6) is 0 Å². The van der Waals surface area contributed by atoms with E-state index in [1.165, 1.54) is 20.3 Å². The van der Waals surface area contributed by atoms with Crippen molar-refractivity contribution in [2.75, 3.05) is 32.8 Å². The van der Waals surface area contributed by atoms with Crippen LogP contribution in [0, 0.1) is 0 Å². The number of sulfonamides is 1. The summed E-state index contributed by atoms with van der Waals surface area (Å²) in [5.41, 5.74) is 2.90. The van der Waals surface area contributed by atoms with Gasteiger partial charge in [-0.05, 0) is 54.7 Å². The molecule has 1 aliphatic carbocycles. The summed E-state index contributed by atoms with van der Waals surface area (Å²) in [6.07, 6.45) is 3.10. The number of carbonyl (C=O) groups excluding carboxylic acids is 2. The highest BCUT2D eigenvalue weighted by molar-refractivity contribution is 7.89. The van der Waals surface area contributed by atoms with E-state index < -0.39 is 16.0 Å². The third-order valence-corrected chi connectivity index (χ3v) is 7.55. The third kappa shape index (κ3) is 4.24. The fraction of sp³-hybridized carbons (Fsp3) is 0.364. The van der Waals surface area contributed by atoms with Gasteiger partial charge in [-0.3, -0.25) is 4.79 Å². The van der Waals surface area contributed by atoms with Crippen molar-refractivity contribution in [3.8, 4) is 0 Å². The molecule has 2 aromatic rings. The molecule has 4 rings (SSSR count). The normalized spacial score (nSPS) is 16.9. The number of amides is 1. The lowest BCUT2D eigenvalue weighted by molar-refractivity contribution is -0.135. The summed E-state index contributed by atoms with van der Waals surface area (Å²) < 4.78 is 31.9. The molecule has 7 nitrogen and oxygen atoms in total. The van der Waals surface area contributed by atoms with Crippen LogP contribution in [0.15, 0.2) is 53.4 Å². The van der Waals surface area contributed by atoms with Crippen molar-refractivity contribution in [2.24, 2.45) is 0 Å². The molecule has 0 unspecified atom stereocenters. The van der Waals surface area contributed by atoms with Crippen LogP contribution in [0.2, 0.25) is 0 Å². The summed E-state index contributed by atoms with van der Waals surface area (Å²) in [7, 11) is -3.57. The van der Waals surface area contributed by atoms with E-state index in [4.69, 9.17) is 4.74 Å². The van der Waals surface area contributed by atoms with Crippen molar-refractivity contribution in [1.29, 1.82) is 0 Å². The first kappa shape index (κ1) is 20.6. The van der Waals surface area contributed by atoms with E-state index in [1.807, 2.05) is 12.1 Å². The second-order valence-electron chi connectivity index (χ2n) is 7.51. The fourth-order valence-electron chi connectivity index (χ4n) is 3.92. The predicted octanol–water partition coefficient (Wildman–Crippen LogP) is 1.87. The van der Waals surface area contributed by atoms with Gasteiger partial charge in [0, 0.05) is 26.2 Å². The van der Waals surface area contributed by atoms with Gasteiger partial charge in [-0.2, -0.15) is 4.31 Å². The van der Waals surface area contributed by atoms with E-state index in [0.717, 1.165) is 19.3 Å². The quantitative estimate of drug-likeness (QED) is 0.679. The van der Waals surface area contributed by atoms with Crippen molar-refractivity contribution in [3.63, 3.8) is 0 Å². The fourth-order valence-corrected chi connectivity index (χ4v) is 5.36. The number of piperazine rings is 1. The Kier molecular flexibility index (Phi) is 5.87. The highest BCUT2D eigenvalue weighted by Crippen LogP contribution is 2.23. The number of hydrogen-bond acceptors (Lipinski definition) is 5. The standard InChI is InChI=1S/C22H24N2O5S/c25-21(16-29-22(26)19-10-9-17-5-4-6-18(17)15-19)23-11-13-24(14-12-23)30(27,28)20-7-2-1-3-8-20/h1-3,7-10,15H,4-6,11-14,16H2. The van der Waals surface area contributed by atoms with Crippen molar-refractivity contribution >= 4 is 21.9 Å². The molecular formula is C22H24N2O5S. The number of aryl methyl sites for hydroxylation is 2. The van der Waals surface area contributed by atoms with E-state index in [-0.39, 0.29) is 43.6 Å². The number of hydrogen-bond donors (Lipinski definition) is 0. The Morgan fingerprint density at radius 3 is 2.33 bits per heavy atom. The molecule has 0 spiro atoms. The van der Waals surface area contributed by atoms with Crippen molar-refractivity contribution in [1.82, 2.24) is 9.21 Å². The van der Waals surface area contributed by atoms with Crippen LogP contribution in [-0.4, -0.2) is 62.3 Å². The topological polar surface area (TPSA) is 84.0 Å². The number of rotatable bonds is 5. The molecule has 30 heavy (non-hydrogen) atoms. The first-order valence-corrected chi connectivity index (χ1v) is 11.5. The van der Waals surface area contributed by atoms with Crippen LogP contribution in [-0.2, 0) is 32.4 Å². The molecule has 0 radical (unpaired) electrons. The smallest absolute Gasteiger partial charge is 0.338 e. The van der Waals surface area contributed by atoms with Crippen molar-refractivity contribution in [2.45, 2.75) is 24.2 Å². The Hall–Kier alpha value is -2.71. The molecule has 2 aliphatic rings. The number of ether oxygens (including phenoxy) is 1. The third-order valence-electron chi connectivity index (χ3n) is 5.63. The van der Waals surface area contributed by atoms with Crippen LogP contribution in [0.4, 0.5) is 0 Å². The van der Waals surface area contributed by atoms with Gasteiger partial charge in [0.05, 0.1) is 10.5 Å². The van der Waals surface area contributed by atoms with E-state index in [2.05, 4.69) is 0 Å². The number of carbonyl (C=O) groups is 2. The summed E-state index contributed by atoms with van der Waals surface area (Å²) in [5, 5.41) is 0. The summed E-state index contributed by atoms with van der Waals surface area (Å²) in [6, 6.07) is 13.8. The molecule has 0 aromatic heterocycles. The Morgan fingerprint density at radius 1 is 0.900 bits per heavy atom. The maximum Gasteiger partial charge on any atom is 0.338 e. The Morgan fingerprint density at radius 2 is 1.60 bits per heavy atom. The molecular weight excluding hydrogens is 404 g/mol.